The molecule has 3 amide bonds. The van der Waals surface area contributed by atoms with Gasteiger partial charge in [-0.15, -0.1) is 0 Å². The number of nitrogens with one attached hydrogen (secondary N) is 1. The minimum absolute atomic E-state index is 0.0132. The van der Waals surface area contributed by atoms with Crippen LogP contribution >= 0.6 is 0 Å². The molecule has 0 aliphatic carbocycles. The largest absolute Gasteiger partial charge is 0.459 e. The summed E-state index contributed by atoms with van der Waals surface area (Å²) < 4.78 is 19.4. The first-order valence-corrected chi connectivity index (χ1v) is 11.4. The lowest BCUT2D eigenvalue weighted by atomic mass is 9.93. The van der Waals surface area contributed by atoms with Crippen molar-refractivity contribution in [1.82, 2.24) is 15.1 Å². The van der Waals surface area contributed by atoms with Crippen molar-refractivity contribution in [2.24, 2.45) is 11.8 Å². The second kappa shape index (κ2) is 8.89. The van der Waals surface area contributed by atoms with Crippen molar-refractivity contribution in [2.45, 2.75) is 52.5 Å². The molecular weight excluding hydrogens is 397 g/mol. The Morgan fingerprint density at radius 2 is 1.90 bits per heavy atom. The van der Waals surface area contributed by atoms with Gasteiger partial charge in [0.2, 0.25) is 5.91 Å². The van der Waals surface area contributed by atoms with E-state index in [-0.39, 0.29) is 29.7 Å². The van der Waals surface area contributed by atoms with Crippen molar-refractivity contribution >= 4 is 22.9 Å². The average molecular weight is 430 g/mol. The summed E-state index contributed by atoms with van der Waals surface area (Å²) in [6.07, 6.45) is 3.68. The number of carbonyl (C=O) groups is 2. The number of rotatable bonds is 3. The number of amides is 3. The van der Waals surface area contributed by atoms with Crippen LogP contribution in [0.1, 0.15) is 56.9 Å². The van der Waals surface area contributed by atoms with Crippen molar-refractivity contribution in [3.63, 3.8) is 0 Å². The minimum Gasteiger partial charge on any atom is -0.459 e. The predicted molar refractivity (Wildman–Crippen MR) is 117 cm³/mol. The number of piperidine rings is 2. The summed E-state index contributed by atoms with van der Waals surface area (Å²) in [5, 5.41) is 3.72. The SMILES string of the molecule is Cc1c(C(C)NC(=O)N2CCC(C(=O)N3CCCC(C)C3)CC2)oc2ccc(F)cc12. The van der Waals surface area contributed by atoms with Crippen molar-refractivity contribution in [1.29, 1.82) is 0 Å². The van der Waals surface area contributed by atoms with Crippen LogP contribution in [0.15, 0.2) is 22.6 Å². The number of fused-ring (bicyclic) bond motifs is 1. The van der Waals surface area contributed by atoms with Gasteiger partial charge in [-0.1, -0.05) is 6.92 Å². The van der Waals surface area contributed by atoms with Gasteiger partial charge in [0.1, 0.15) is 17.2 Å². The van der Waals surface area contributed by atoms with Crippen LogP contribution in [-0.4, -0.2) is 47.9 Å². The zero-order chi connectivity index (χ0) is 22.1. The number of hydrogen-bond donors (Lipinski definition) is 1. The molecule has 6 nitrogen and oxygen atoms in total. The van der Waals surface area contributed by atoms with Gasteiger partial charge in [0.15, 0.2) is 0 Å². The Bertz CT molecular complexity index is 964. The molecule has 2 aromatic rings. The summed E-state index contributed by atoms with van der Waals surface area (Å²) in [4.78, 5) is 29.4. The molecule has 2 atom stereocenters. The van der Waals surface area contributed by atoms with Gasteiger partial charge < -0.3 is 19.5 Å². The molecule has 0 bridgehead atoms. The van der Waals surface area contributed by atoms with E-state index < -0.39 is 0 Å². The summed E-state index contributed by atoms with van der Waals surface area (Å²) in [5.41, 5.74) is 1.45. The zero-order valence-electron chi connectivity index (χ0n) is 18.6. The van der Waals surface area contributed by atoms with Gasteiger partial charge in [-0.25, -0.2) is 9.18 Å². The van der Waals surface area contributed by atoms with Crippen LogP contribution in [0, 0.1) is 24.6 Å². The molecule has 1 aromatic carbocycles. The van der Waals surface area contributed by atoms with Crippen molar-refractivity contribution < 1.29 is 18.4 Å². The third-order valence-electron chi connectivity index (χ3n) is 6.77. The predicted octanol–water partition coefficient (Wildman–Crippen LogP) is 4.62. The summed E-state index contributed by atoms with van der Waals surface area (Å²) >= 11 is 0. The molecule has 7 heteroatoms. The summed E-state index contributed by atoms with van der Waals surface area (Å²) in [7, 11) is 0. The maximum Gasteiger partial charge on any atom is 0.317 e. The van der Waals surface area contributed by atoms with Crippen molar-refractivity contribution in [3.05, 3.63) is 35.3 Å². The van der Waals surface area contributed by atoms with E-state index in [0.29, 0.717) is 43.2 Å². The van der Waals surface area contributed by atoms with E-state index in [2.05, 4.69) is 12.2 Å². The molecule has 0 saturated carbocycles. The number of hydrogen-bond acceptors (Lipinski definition) is 3. The number of carbonyl (C=O) groups excluding carboxylic acids is 2. The lowest BCUT2D eigenvalue weighted by Crippen LogP contribution is -2.49. The van der Waals surface area contributed by atoms with Gasteiger partial charge in [0.25, 0.3) is 0 Å². The van der Waals surface area contributed by atoms with Crippen LogP contribution < -0.4 is 5.32 Å². The third-order valence-corrected chi connectivity index (χ3v) is 6.77. The van der Waals surface area contributed by atoms with Gasteiger partial charge in [-0.2, -0.15) is 0 Å². The van der Waals surface area contributed by atoms with Crippen LogP contribution in [0.25, 0.3) is 11.0 Å². The Hall–Kier alpha value is -2.57. The topological polar surface area (TPSA) is 65.8 Å². The van der Waals surface area contributed by atoms with Gasteiger partial charge in [0.05, 0.1) is 6.04 Å². The molecule has 2 fully saturated rings. The molecule has 2 aliphatic heterocycles. The Labute approximate surface area is 182 Å². The number of nitrogens with zero attached hydrogens (tertiary/aromatic N) is 2. The molecule has 168 valence electrons. The maximum absolute atomic E-state index is 13.6. The van der Waals surface area contributed by atoms with Crippen LogP contribution in [0.2, 0.25) is 0 Å². The fraction of sp³-hybridized carbons (Fsp3) is 0.583. The lowest BCUT2D eigenvalue weighted by Gasteiger charge is -2.37. The minimum atomic E-state index is -0.336. The Kier molecular flexibility index (Phi) is 6.21. The highest BCUT2D eigenvalue weighted by Gasteiger charge is 2.32. The number of urea groups is 1. The van der Waals surface area contributed by atoms with Crippen molar-refractivity contribution in [3.8, 4) is 0 Å². The van der Waals surface area contributed by atoms with Crippen molar-refractivity contribution in [2.75, 3.05) is 26.2 Å². The fourth-order valence-corrected chi connectivity index (χ4v) is 4.94. The van der Waals surface area contributed by atoms with E-state index in [1.165, 1.54) is 18.6 Å². The second-order valence-electron chi connectivity index (χ2n) is 9.20. The highest BCUT2D eigenvalue weighted by atomic mass is 19.1. The summed E-state index contributed by atoms with van der Waals surface area (Å²) in [6.45, 7) is 8.81. The number of halogens is 1. The van der Waals surface area contributed by atoms with E-state index >= 15 is 0 Å². The zero-order valence-corrected chi connectivity index (χ0v) is 18.6. The molecule has 2 aliphatic rings. The van der Waals surface area contributed by atoms with E-state index in [4.69, 9.17) is 4.42 Å². The number of likely N-dealkylation sites (tertiary alicyclic amines) is 2. The van der Waals surface area contributed by atoms with Gasteiger partial charge in [0, 0.05) is 43.0 Å². The molecule has 0 radical (unpaired) electrons. The van der Waals surface area contributed by atoms with E-state index in [1.807, 2.05) is 18.7 Å². The summed E-state index contributed by atoms with van der Waals surface area (Å²) in [6, 6.07) is 3.94. The van der Waals surface area contributed by atoms with E-state index in [0.717, 1.165) is 30.5 Å². The molecule has 4 rings (SSSR count). The molecule has 31 heavy (non-hydrogen) atoms. The monoisotopic (exact) mass is 429 g/mol. The van der Waals surface area contributed by atoms with Crippen LogP contribution in [0.4, 0.5) is 9.18 Å². The summed E-state index contributed by atoms with van der Waals surface area (Å²) in [5.74, 6) is 1.17. The Balaban J connectivity index is 1.33. The highest BCUT2D eigenvalue weighted by Crippen LogP contribution is 2.30. The van der Waals surface area contributed by atoms with Gasteiger partial charge >= 0.3 is 6.03 Å². The van der Waals surface area contributed by atoms with Gasteiger partial charge in [-0.05, 0) is 63.6 Å². The first-order valence-electron chi connectivity index (χ1n) is 11.4. The molecule has 1 N–H and O–H groups in total. The lowest BCUT2D eigenvalue weighted by molar-refractivity contribution is -0.138. The second-order valence-corrected chi connectivity index (χ2v) is 9.20. The molecule has 2 unspecified atom stereocenters. The van der Waals surface area contributed by atoms with Gasteiger partial charge in [-0.3, -0.25) is 4.79 Å². The van der Waals surface area contributed by atoms with E-state index in [9.17, 15) is 14.0 Å². The molecule has 1 aromatic heterocycles. The first-order chi connectivity index (χ1) is 14.8. The quantitative estimate of drug-likeness (QED) is 0.774. The van der Waals surface area contributed by atoms with Crippen LogP contribution in [-0.2, 0) is 4.79 Å². The normalized spacial score (nSPS) is 21.4. The maximum atomic E-state index is 13.6. The van der Waals surface area contributed by atoms with Crippen LogP contribution in [0.3, 0.4) is 0 Å². The van der Waals surface area contributed by atoms with E-state index in [1.54, 1.807) is 11.0 Å². The Morgan fingerprint density at radius 3 is 2.61 bits per heavy atom. The average Bonchev–Trinajstić information content (AvgIpc) is 3.09. The molecule has 3 heterocycles. The highest BCUT2D eigenvalue weighted by molar-refractivity contribution is 5.83. The first kappa shape index (κ1) is 21.7. The van der Waals surface area contributed by atoms with Crippen LogP contribution in [0.5, 0.6) is 0 Å². The number of aryl methyl sites for hydroxylation is 1. The Morgan fingerprint density at radius 1 is 1.16 bits per heavy atom. The smallest absolute Gasteiger partial charge is 0.317 e. The fourth-order valence-electron chi connectivity index (χ4n) is 4.94. The third kappa shape index (κ3) is 4.55. The standard InChI is InChI=1S/C24H32FN3O3/c1-15-5-4-10-28(14-15)23(29)18-8-11-27(12-9-18)24(30)26-17(3)22-16(2)20-13-19(25)6-7-21(20)31-22/h6-7,13,15,17-18H,4-5,8-12,14H2,1-3H3,(H,26,30). The molecule has 2 saturated heterocycles. The molecular formula is C24H32FN3O3. The molecule has 0 spiro atoms. The number of benzene rings is 1. The number of furan rings is 1.